The Morgan fingerprint density at radius 2 is 2.00 bits per heavy atom. The van der Waals surface area contributed by atoms with E-state index in [1.54, 1.807) is 0 Å². The first-order valence-electron chi connectivity index (χ1n) is 8.14. The molecule has 0 radical (unpaired) electrons. The van der Waals surface area contributed by atoms with Gasteiger partial charge in [-0.05, 0) is 44.4 Å². The van der Waals surface area contributed by atoms with Crippen molar-refractivity contribution in [3.05, 3.63) is 0 Å². The lowest BCUT2D eigenvalue weighted by molar-refractivity contribution is 0.104. The van der Waals surface area contributed by atoms with Gasteiger partial charge in [-0.25, -0.2) is 0 Å². The average Bonchev–Trinajstić information content (AvgIpc) is 2.63. The fraction of sp³-hybridized carbons (Fsp3) is 1.00. The Kier molecular flexibility index (Phi) is 5.97. The Morgan fingerprint density at radius 1 is 1.11 bits per heavy atom. The lowest BCUT2D eigenvalue weighted by atomic mass is 9.95. The topological polar surface area (TPSA) is 21.3 Å². The summed E-state index contributed by atoms with van der Waals surface area (Å²) < 4.78 is 5.64. The molecule has 1 saturated carbocycles. The van der Waals surface area contributed by atoms with E-state index in [9.17, 15) is 0 Å². The lowest BCUT2D eigenvalue weighted by Crippen LogP contribution is -2.35. The maximum absolute atomic E-state index is 5.64. The van der Waals surface area contributed by atoms with Gasteiger partial charge in [0.05, 0.1) is 6.10 Å². The number of rotatable bonds is 5. The minimum atomic E-state index is 0.469. The molecule has 1 aliphatic heterocycles. The van der Waals surface area contributed by atoms with Crippen LogP contribution in [0.15, 0.2) is 0 Å². The molecular weight excluding hydrogens is 222 g/mol. The zero-order valence-corrected chi connectivity index (χ0v) is 12.3. The Bertz CT molecular complexity index is 231. The molecule has 0 aromatic heterocycles. The Morgan fingerprint density at radius 3 is 2.72 bits per heavy atom. The molecular formula is C16H31NO. The van der Waals surface area contributed by atoms with Crippen LogP contribution in [0.4, 0.5) is 0 Å². The second kappa shape index (κ2) is 7.49. The molecule has 2 heteroatoms. The number of hydrogen-bond donors (Lipinski definition) is 1. The summed E-state index contributed by atoms with van der Waals surface area (Å²) in [5.41, 5.74) is 0. The predicted octanol–water partition coefficient (Wildman–Crippen LogP) is 3.75. The van der Waals surface area contributed by atoms with Gasteiger partial charge in [-0.1, -0.05) is 32.6 Å². The van der Waals surface area contributed by atoms with E-state index in [1.807, 2.05) is 0 Å². The smallest absolute Gasteiger partial charge is 0.0588 e. The third-order valence-corrected chi connectivity index (χ3v) is 4.99. The first kappa shape index (κ1) is 14.3. The van der Waals surface area contributed by atoms with Gasteiger partial charge < -0.3 is 10.1 Å². The molecule has 1 N–H and O–H groups in total. The van der Waals surface area contributed by atoms with Gasteiger partial charge in [-0.2, -0.15) is 0 Å². The molecule has 0 aromatic carbocycles. The van der Waals surface area contributed by atoms with Crippen LogP contribution in [-0.4, -0.2) is 25.3 Å². The summed E-state index contributed by atoms with van der Waals surface area (Å²) in [6, 6.07) is 0.777. The van der Waals surface area contributed by atoms with Crippen LogP contribution in [-0.2, 0) is 4.74 Å². The second-order valence-electron chi connectivity index (χ2n) is 6.39. The molecule has 2 fully saturated rings. The van der Waals surface area contributed by atoms with Crippen molar-refractivity contribution < 1.29 is 4.74 Å². The molecule has 2 rings (SSSR count). The summed E-state index contributed by atoms with van der Waals surface area (Å²) in [4.78, 5) is 0. The SMILES string of the molecule is CCCC1CCCC(NCC2CCOC2C)CC1. The van der Waals surface area contributed by atoms with Gasteiger partial charge in [0.1, 0.15) is 0 Å². The van der Waals surface area contributed by atoms with Crippen molar-refractivity contribution in [2.45, 2.75) is 77.4 Å². The van der Waals surface area contributed by atoms with Crippen LogP contribution in [0, 0.1) is 11.8 Å². The van der Waals surface area contributed by atoms with Crippen molar-refractivity contribution in [1.29, 1.82) is 0 Å². The van der Waals surface area contributed by atoms with E-state index in [0.717, 1.165) is 24.5 Å². The van der Waals surface area contributed by atoms with Crippen molar-refractivity contribution >= 4 is 0 Å². The molecule has 0 bridgehead atoms. The van der Waals surface area contributed by atoms with E-state index in [2.05, 4.69) is 19.2 Å². The molecule has 1 aliphatic carbocycles. The molecule has 0 spiro atoms. The fourth-order valence-corrected chi connectivity index (χ4v) is 3.64. The fourth-order valence-electron chi connectivity index (χ4n) is 3.64. The Hall–Kier alpha value is -0.0800. The molecule has 2 aliphatic rings. The summed E-state index contributed by atoms with van der Waals surface area (Å²) in [5.74, 6) is 1.76. The summed E-state index contributed by atoms with van der Waals surface area (Å²) in [6.45, 7) is 6.69. The highest BCUT2D eigenvalue weighted by atomic mass is 16.5. The van der Waals surface area contributed by atoms with Gasteiger partial charge in [0.25, 0.3) is 0 Å². The van der Waals surface area contributed by atoms with Gasteiger partial charge in [0.15, 0.2) is 0 Å². The average molecular weight is 253 g/mol. The predicted molar refractivity (Wildman–Crippen MR) is 76.8 cm³/mol. The van der Waals surface area contributed by atoms with Crippen LogP contribution in [0.5, 0.6) is 0 Å². The first-order valence-corrected chi connectivity index (χ1v) is 8.14. The monoisotopic (exact) mass is 253 g/mol. The van der Waals surface area contributed by atoms with E-state index in [1.165, 1.54) is 57.9 Å². The second-order valence-corrected chi connectivity index (χ2v) is 6.39. The molecule has 2 nitrogen and oxygen atoms in total. The maximum Gasteiger partial charge on any atom is 0.0588 e. The van der Waals surface area contributed by atoms with Crippen molar-refractivity contribution in [3.8, 4) is 0 Å². The van der Waals surface area contributed by atoms with Crippen LogP contribution in [0.25, 0.3) is 0 Å². The van der Waals surface area contributed by atoms with Crippen molar-refractivity contribution in [1.82, 2.24) is 5.32 Å². The van der Waals surface area contributed by atoms with E-state index in [-0.39, 0.29) is 0 Å². The highest BCUT2D eigenvalue weighted by molar-refractivity contribution is 4.79. The molecule has 1 saturated heterocycles. The van der Waals surface area contributed by atoms with Gasteiger partial charge in [0, 0.05) is 19.2 Å². The van der Waals surface area contributed by atoms with E-state index < -0.39 is 0 Å². The van der Waals surface area contributed by atoms with Gasteiger partial charge in [0.2, 0.25) is 0 Å². The minimum absolute atomic E-state index is 0.469. The first-order chi connectivity index (χ1) is 8.79. The third-order valence-electron chi connectivity index (χ3n) is 4.99. The molecule has 4 atom stereocenters. The zero-order chi connectivity index (χ0) is 12.8. The standard InChI is InChI=1S/C16H31NO/c1-3-5-14-6-4-7-16(9-8-14)17-12-15-10-11-18-13(15)2/h13-17H,3-12H2,1-2H3. The molecule has 0 amide bonds. The largest absolute Gasteiger partial charge is 0.378 e. The van der Waals surface area contributed by atoms with E-state index >= 15 is 0 Å². The molecule has 0 aromatic rings. The third kappa shape index (κ3) is 4.24. The van der Waals surface area contributed by atoms with E-state index in [4.69, 9.17) is 4.74 Å². The Labute approximate surface area is 113 Å². The Balaban J connectivity index is 1.67. The van der Waals surface area contributed by atoms with Crippen LogP contribution in [0.2, 0.25) is 0 Å². The summed E-state index contributed by atoms with van der Waals surface area (Å²) in [5, 5.41) is 3.82. The normalized spacial score (nSPS) is 37.7. The van der Waals surface area contributed by atoms with Crippen LogP contribution in [0.3, 0.4) is 0 Å². The van der Waals surface area contributed by atoms with Crippen LogP contribution in [0.1, 0.15) is 65.2 Å². The maximum atomic E-state index is 5.64. The summed E-state index contributed by atoms with van der Waals surface area (Å²) in [6.07, 6.45) is 11.7. The molecule has 106 valence electrons. The highest BCUT2D eigenvalue weighted by Gasteiger charge is 2.25. The van der Waals surface area contributed by atoms with Gasteiger partial charge in [-0.3, -0.25) is 0 Å². The molecule has 4 unspecified atom stereocenters. The quantitative estimate of drug-likeness (QED) is 0.753. The number of ether oxygens (including phenoxy) is 1. The highest BCUT2D eigenvalue weighted by Crippen LogP contribution is 2.27. The molecule has 18 heavy (non-hydrogen) atoms. The van der Waals surface area contributed by atoms with Gasteiger partial charge >= 0.3 is 0 Å². The lowest BCUT2D eigenvalue weighted by Gasteiger charge is -2.21. The summed E-state index contributed by atoms with van der Waals surface area (Å²) >= 11 is 0. The van der Waals surface area contributed by atoms with Gasteiger partial charge in [-0.15, -0.1) is 0 Å². The van der Waals surface area contributed by atoms with Crippen LogP contribution < -0.4 is 5.32 Å². The van der Waals surface area contributed by atoms with Crippen molar-refractivity contribution in [3.63, 3.8) is 0 Å². The van der Waals surface area contributed by atoms with E-state index in [0.29, 0.717) is 6.10 Å². The zero-order valence-electron chi connectivity index (χ0n) is 12.3. The van der Waals surface area contributed by atoms with Crippen molar-refractivity contribution in [2.75, 3.05) is 13.2 Å². The molecule has 1 heterocycles. The number of hydrogen-bond acceptors (Lipinski definition) is 2. The summed E-state index contributed by atoms with van der Waals surface area (Å²) in [7, 11) is 0. The minimum Gasteiger partial charge on any atom is -0.378 e. The van der Waals surface area contributed by atoms with Crippen molar-refractivity contribution in [2.24, 2.45) is 11.8 Å². The van der Waals surface area contributed by atoms with Crippen LogP contribution >= 0.6 is 0 Å². The number of nitrogens with one attached hydrogen (secondary N) is 1.